The molecule has 1 saturated heterocycles. The summed E-state index contributed by atoms with van der Waals surface area (Å²) >= 11 is 0. The lowest BCUT2D eigenvalue weighted by atomic mass is 10.0. The third kappa shape index (κ3) is 3.26. The van der Waals surface area contributed by atoms with Crippen molar-refractivity contribution in [3.05, 3.63) is 47.7 Å². The Morgan fingerprint density at radius 1 is 1.23 bits per heavy atom. The maximum atomic E-state index is 9.45. The molecule has 0 N–H and O–H groups in total. The van der Waals surface area contributed by atoms with Gasteiger partial charge in [0.25, 0.3) is 0 Å². The zero-order valence-corrected chi connectivity index (χ0v) is 17.4. The van der Waals surface area contributed by atoms with E-state index in [2.05, 4.69) is 39.1 Å². The van der Waals surface area contributed by atoms with Crippen molar-refractivity contribution in [1.29, 1.82) is 5.26 Å². The molecule has 1 saturated carbocycles. The first-order chi connectivity index (χ1) is 15.2. The van der Waals surface area contributed by atoms with Crippen LogP contribution < -0.4 is 0 Å². The molecular formula is C23H23N7O. The molecule has 6 rings (SSSR count). The summed E-state index contributed by atoms with van der Waals surface area (Å²) in [5.74, 6) is 1.51. The van der Waals surface area contributed by atoms with E-state index in [9.17, 15) is 5.26 Å². The summed E-state index contributed by atoms with van der Waals surface area (Å²) in [7, 11) is 0. The predicted molar refractivity (Wildman–Crippen MR) is 115 cm³/mol. The standard InChI is InChI=1S/C23H23N7O/c1-14-8-17(6-7-31-14)30-22(13-29-12-21(27-28-29)16-3-4-16)26-20-11-25-19-5-2-15(10-24)9-18(19)23(20)30/h2,5,9,11-12,14,16-17H,3-4,6-8,13H2,1H3/t14-,17-/m1/s1. The Labute approximate surface area is 179 Å². The van der Waals surface area contributed by atoms with E-state index in [0.717, 1.165) is 52.9 Å². The van der Waals surface area contributed by atoms with Crippen molar-refractivity contribution >= 4 is 21.9 Å². The van der Waals surface area contributed by atoms with Crippen LogP contribution in [-0.4, -0.2) is 42.2 Å². The van der Waals surface area contributed by atoms with Crippen molar-refractivity contribution < 1.29 is 4.74 Å². The SMILES string of the molecule is C[C@@H]1C[C@H](n2c(Cn3cc(C4CC4)nn3)nc3cnc4ccc(C#N)cc4c32)CCO1. The Hall–Kier alpha value is -3.31. The number of aromatic nitrogens is 6. The van der Waals surface area contributed by atoms with Gasteiger partial charge in [0.1, 0.15) is 17.9 Å². The molecule has 4 heterocycles. The van der Waals surface area contributed by atoms with E-state index >= 15 is 0 Å². The summed E-state index contributed by atoms with van der Waals surface area (Å²) in [6.45, 7) is 3.41. The number of imidazole rings is 1. The van der Waals surface area contributed by atoms with Crippen LogP contribution in [0.15, 0.2) is 30.6 Å². The predicted octanol–water partition coefficient (Wildman–Crippen LogP) is 3.71. The lowest BCUT2D eigenvalue weighted by molar-refractivity contribution is 0.00619. The normalized spacial score (nSPS) is 21.5. The van der Waals surface area contributed by atoms with Gasteiger partial charge in [0, 0.05) is 30.1 Å². The number of rotatable bonds is 4. The van der Waals surface area contributed by atoms with Crippen molar-refractivity contribution in [3.8, 4) is 6.07 Å². The Morgan fingerprint density at radius 2 is 2.13 bits per heavy atom. The lowest BCUT2D eigenvalue weighted by Gasteiger charge is -2.30. The van der Waals surface area contributed by atoms with Crippen LogP contribution in [0.3, 0.4) is 0 Å². The molecule has 156 valence electrons. The van der Waals surface area contributed by atoms with E-state index in [0.29, 0.717) is 18.0 Å². The van der Waals surface area contributed by atoms with Crippen LogP contribution in [0.5, 0.6) is 0 Å². The van der Waals surface area contributed by atoms with Gasteiger partial charge in [-0.1, -0.05) is 5.21 Å². The first kappa shape index (κ1) is 18.5. The Bertz CT molecular complexity index is 1330. The number of nitrogens with zero attached hydrogens (tertiary/aromatic N) is 7. The molecule has 3 aromatic heterocycles. The summed E-state index contributed by atoms with van der Waals surface area (Å²) in [6, 6.07) is 8.18. The fraction of sp³-hybridized carbons (Fsp3) is 0.435. The fourth-order valence-corrected chi connectivity index (χ4v) is 4.71. The first-order valence-electron chi connectivity index (χ1n) is 10.9. The second kappa shape index (κ2) is 7.13. The molecular weight excluding hydrogens is 390 g/mol. The van der Waals surface area contributed by atoms with Gasteiger partial charge in [0.2, 0.25) is 0 Å². The van der Waals surface area contributed by atoms with Crippen molar-refractivity contribution in [1.82, 2.24) is 29.5 Å². The van der Waals surface area contributed by atoms with Gasteiger partial charge in [-0.15, -0.1) is 5.10 Å². The van der Waals surface area contributed by atoms with E-state index in [4.69, 9.17) is 9.72 Å². The van der Waals surface area contributed by atoms with Crippen molar-refractivity contribution in [2.24, 2.45) is 0 Å². The topological polar surface area (TPSA) is 94.4 Å². The number of nitriles is 1. The largest absolute Gasteiger partial charge is 0.378 e. The van der Waals surface area contributed by atoms with Gasteiger partial charge in [-0.05, 0) is 50.8 Å². The van der Waals surface area contributed by atoms with Gasteiger partial charge in [0.15, 0.2) is 0 Å². The molecule has 8 nitrogen and oxygen atoms in total. The molecule has 2 aliphatic rings. The van der Waals surface area contributed by atoms with Crippen molar-refractivity contribution in [2.75, 3.05) is 6.61 Å². The lowest BCUT2D eigenvalue weighted by Crippen LogP contribution is -2.27. The minimum Gasteiger partial charge on any atom is -0.378 e. The molecule has 1 aliphatic carbocycles. The average molecular weight is 413 g/mol. The molecule has 0 spiro atoms. The smallest absolute Gasteiger partial charge is 0.132 e. The number of benzene rings is 1. The van der Waals surface area contributed by atoms with E-state index in [1.807, 2.05) is 29.1 Å². The maximum absolute atomic E-state index is 9.45. The van der Waals surface area contributed by atoms with E-state index in [1.54, 1.807) is 0 Å². The molecule has 0 unspecified atom stereocenters. The van der Waals surface area contributed by atoms with Gasteiger partial charge in [0.05, 0.1) is 40.7 Å². The number of pyridine rings is 1. The molecule has 0 bridgehead atoms. The Morgan fingerprint density at radius 3 is 2.94 bits per heavy atom. The number of hydrogen-bond donors (Lipinski definition) is 0. The molecule has 8 heteroatoms. The molecule has 0 radical (unpaired) electrons. The highest BCUT2D eigenvalue weighted by molar-refractivity contribution is 6.02. The van der Waals surface area contributed by atoms with E-state index < -0.39 is 0 Å². The summed E-state index contributed by atoms with van der Waals surface area (Å²) in [6.07, 6.45) is 8.34. The van der Waals surface area contributed by atoms with Gasteiger partial charge in [-0.3, -0.25) is 4.98 Å². The van der Waals surface area contributed by atoms with Crippen LogP contribution in [0.4, 0.5) is 0 Å². The highest BCUT2D eigenvalue weighted by Gasteiger charge is 2.28. The number of fused-ring (bicyclic) bond motifs is 3. The highest BCUT2D eigenvalue weighted by atomic mass is 16.5. The zero-order chi connectivity index (χ0) is 20.9. The molecule has 2 atom stereocenters. The van der Waals surface area contributed by atoms with Gasteiger partial charge in [-0.25, -0.2) is 9.67 Å². The highest BCUT2D eigenvalue weighted by Crippen LogP contribution is 2.39. The van der Waals surface area contributed by atoms with Gasteiger partial charge >= 0.3 is 0 Å². The summed E-state index contributed by atoms with van der Waals surface area (Å²) < 4.78 is 10.1. The minimum absolute atomic E-state index is 0.194. The molecule has 1 aromatic carbocycles. The monoisotopic (exact) mass is 413 g/mol. The van der Waals surface area contributed by atoms with Gasteiger partial charge in [-0.2, -0.15) is 5.26 Å². The fourth-order valence-electron chi connectivity index (χ4n) is 4.71. The average Bonchev–Trinajstić information content (AvgIpc) is 3.42. The second-order valence-corrected chi connectivity index (χ2v) is 8.71. The quantitative estimate of drug-likeness (QED) is 0.506. The number of ether oxygens (including phenoxy) is 1. The van der Waals surface area contributed by atoms with Crippen molar-refractivity contribution in [3.63, 3.8) is 0 Å². The molecule has 0 amide bonds. The maximum Gasteiger partial charge on any atom is 0.132 e. The molecule has 4 aromatic rings. The van der Waals surface area contributed by atoms with Crippen molar-refractivity contribution in [2.45, 2.75) is 57.2 Å². The van der Waals surface area contributed by atoms with Crippen LogP contribution in [-0.2, 0) is 11.3 Å². The van der Waals surface area contributed by atoms with E-state index in [1.165, 1.54) is 12.8 Å². The Balaban J connectivity index is 1.53. The molecule has 2 fully saturated rings. The summed E-state index contributed by atoms with van der Waals surface area (Å²) in [5.41, 5.74) is 4.46. The third-order valence-corrected chi connectivity index (χ3v) is 6.40. The molecule has 31 heavy (non-hydrogen) atoms. The Kier molecular flexibility index (Phi) is 4.25. The van der Waals surface area contributed by atoms with E-state index in [-0.39, 0.29) is 12.1 Å². The summed E-state index contributed by atoms with van der Waals surface area (Å²) in [4.78, 5) is 9.57. The minimum atomic E-state index is 0.194. The summed E-state index contributed by atoms with van der Waals surface area (Å²) in [5, 5.41) is 19.1. The van der Waals surface area contributed by atoms with Crippen LogP contribution >= 0.6 is 0 Å². The zero-order valence-electron chi connectivity index (χ0n) is 17.4. The second-order valence-electron chi connectivity index (χ2n) is 8.71. The number of hydrogen-bond acceptors (Lipinski definition) is 6. The first-order valence-corrected chi connectivity index (χ1v) is 10.9. The van der Waals surface area contributed by atoms with Crippen LogP contribution in [0.1, 0.15) is 61.6 Å². The van der Waals surface area contributed by atoms with Crippen LogP contribution in [0.25, 0.3) is 21.9 Å². The van der Waals surface area contributed by atoms with Crippen LogP contribution in [0.2, 0.25) is 0 Å². The van der Waals surface area contributed by atoms with Gasteiger partial charge < -0.3 is 9.30 Å². The molecule has 1 aliphatic heterocycles. The van der Waals surface area contributed by atoms with Crippen LogP contribution in [0, 0.1) is 11.3 Å². The third-order valence-electron chi connectivity index (χ3n) is 6.40.